The lowest BCUT2D eigenvalue weighted by Crippen LogP contribution is -2.35. The third-order valence-electron chi connectivity index (χ3n) is 6.20. The summed E-state index contributed by atoms with van der Waals surface area (Å²) in [6, 6.07) is 10.6. The van der Waals surface area contributed by atoms with E-state index in [-0.39, 0.29) is 50.9 Å². The van der Waals surface area contributed by atoms with Gasteiger partial charge in [-0.25, -0.2) is 4.98 Å². The number of rotatable bonds is 24. The summed E-state index contributed by atoms with van der Waals surface area (Å²) in [6.45, 7) is 5.34. The van der Waals surface area contributed by atoms with Gasteiger partial charge in [0.05, 0.1) is 44.7 Å². The lowest BCUT2D eigenvalue weighted by atomic mass is 10.1. The SMILES string of the molecule is Cc1cc(CN)cc(Oc2cccc(C(=O)NCCSSCCC(=O)NCC(O)COCCOCC(O)CCCC(C)O)c2)n1. The molecular weight excluding hydrogens is 620 g/mol. The largest absolute Gasteiger partial charge is 0.439 e. The third kappa shape index (κ3) is 18.3. The van der Waals surface area contributed by atoms with Gasteiger partial charge in [-0.05, 0) is 62.9 Å². The number of carbonyl (C=O) groups is 2. The van der Waals surface area contributed by atoms with Crippen molar-refractivity contribution in [3.05, 3.63) is 53.2 Å². The molecule has 0 spiro atoms. The topological polar surface area (TPSA) is 185 Å². The maximum atomic E-state index is 12.6. The van der Waals surface area contributed by atoms with E-state index in [1.54, 1.807) is 48.0 Å². The van der Waals surface area contributed by atoms with Crippen LogP contribution in [0, 0.1) is 6.92 Å². The number of amides is 2. The average Bonchev–Trinajstić information content (AvgIpc) is 3.00. The standard InChI is InChI=1S/C31H48N4O8S2/c1-22-15-24(18-32)16-30(35-22)43-28-8-4-6-25(17-28)31(40)33-10-14-45-44-13-9-29(39)34-19-27(38)21-42-12-11-41-20-26(37)7-3-5-23(2)36/h4,6,8,15-17,23,26-27,36-38H,3,5,7,9-14,18-21,32H2,1-2H3,(H,33,40)(H,34,39). The van der Waals surface area contributed by atoms with E-state index >= 15 is 0 Å². The van der Waals surface area contributed by atoms with Crippen molar-refractivity contribution in [2.45, 2.75) is 64.4 Å². The molecule has 0 radical (unpaired) electrons. The number of benzene rings is 1. The molecule has 1 aromatic carbocycles. The Bertz CT molecular complexity index is 1140. The predicted molar refractivity (Wildman–Crippen MR) is 177 cm³/mol. The van der Waals surface area contributed by atoms with E-state index in [1.165, 1.54) is 10.8 Å². The Morgan fingerprint density at radius 1 is 0.978 bits per heavy atom. The molecule has 0 fully saturated rings. The zero-order valence-electron chi connectivity index (χ0n) is 26.1. The number of aliphatic hydroxyl groups excluding tert-OH is 3. The lowest BCUT2D eigenvalue weighted by molar-refractivity contribution is -0.121. The Morgan fingerprint density at radius 3 is 2.44 bits per heavy atom. The summed E-state index contributed by atoms with van der Waals surface area (Å²) in [4.78, 5) is 29.0. The zero-order valence-corrected chi connectivity index (χ0v) is 27.7. The van der Waals surface area contributed by atoms with Crippen LogP contribution in [0.4, 0.5) is 0 Å². The minimum absolute atomic E-state index is 0.0633. The van der Waals surface area contributed by atoms with E-state index < -0.39 is 12.2 Å². The van der Waals surface area contributed by atoms with Crippen LogP contribution >= 0.6 is 21.6 Å². The van der Waals surface area contributed by atoms with Crippen LogP contribution < -0.4 is 21.1 Å². The molecule has 0 saturated heterocycles. The van der Waals surface area contributed by atoms with Gasteiger partial charge in [-0.15, -0.1) is 0 Å². The van der Waals surface area contributed by atoms with E-state index in [0.29, 0.717) is 61.1 Å². The Morgan fingerprint density at radius 2 is 1.71 bits per heavy atom. The van der Waals surface area contributed by atoms with Crippen LogP contribution in [-0.4, -0.2) is 101 Å². The number of ether oxygens (including phenoxy) is 3. The van der Waals surface area contributed by atoms with Crippen molar-refractivity contribution in [1.29, 1.82) is 0 Å². The zero-order chi connectivity index (χ0) is 32.9. The van der Waals surface area contributed by atoms with Gasteiger partial charge >= 0.3 is 0 Å². The number of aromatic nitrogens is 1. The molecule has 0 aliphatic carbocycles. The summed E-state index contributed by atoms with van der Waals surface area (Å²) in [5.74, 6) is 1.82. The highest BCUT2D eigenvalue weighted by molar-refractivity contribution is 8.76. The fourth-order valence-corrected chi connectivity index (χ4v) is 5.82. The first kappa shape index (κ1) is 38.8. The first-order valence-corrected chi connectivity index (χ1v) is 17.6. The van der Waals surface area contributed by atoms with Gasteiger partial charge in [0, 0.05) is 54.9 Å². The van der Waals surface area contributed by atoms with E-state index in [4.69, 9.17) is 19.9 Å². The molecule has 14 heteroatoms. The number of hydrogen-bond acceptors (Lipinski definition) is 12. The molecule has 0 bridgehead atoms. The summed E-state index contributed by atoms with van der Waals surface area (Å²) in [7, 11) is 3.10. The minimum atomic E-state index is -0.832. The minimum Gasteiger partial charge on any atom is -0.439 e. The van der Waals surface area contributed by atoms with Crippen molar-refractivity contribution in [3.8, 4) is 11.6 Å². The monoisotopic (exact) mass is 668 g/mol. The first-order chi connectivity index (χ1) is 21.7. The lowest BCUT2D eigenvalue weighted by Gasteiger charge is -2.14. The first-order valence-electron chi connectivity index (χ1n) is 15.1. The molecule has 3 atom stereocenters. The normalized spacial score (nSPS) is 13.2. The molecule has 252 valence electrons. The van der Waals surface area contributed by atoms with Crippen LogP contribution in [0.2, 0.25) is 0 Å². The molecule has 2 aromatic rings. The van der Waals surface area contributed by atoms with Crippen molar-refractivity contribution >= 4 is 33.4 Å². The highest BCUT2D eigenvalue weighted by atomic mass is 33.1. The number of nitrogens with one attached hydrogen (secondary N) is 2. The van der Waals surface area contributed by atoms with Gasteiger partial charge in [0.2, 0.25) is 11.8 Å². The number of hydrogen-bond donors (Lipinski definition) is 6. The number of aliphatic hydroxyl groups is 3. The van der Waals surface area contributed by atoms with E-state index in [1.807, 2.05) is 13.0 Å². The third-order valence-corrected chi connectivity index (χ3v) is 8.61. The molecule has 0 aliphatic heterocycles. The van der Waals surface area contributed by atoms with Gasteiger partial charge < -0.3 is 45.9 Å². The quantitative estimate of drug-likeness (QED) is 0.0711. The Balaban J connectivity index is 1.48. The van der Waals surface area contributed by atoms with E-state index in [9.17, 15) is 24.9 Å². The van der Waals surface area contributed by atoms with Crippen molar-refractivity contribution in [3.63, 3.8) is 0 Å². The smallest absolute Gasteiger partial charge is 0.251 e. The number of carbonyl (C=O) groups excluding carboxylic acids is 2. The van der Waals surface area contributed by atoms with Crippen LogP contribution in [0.1, 0.15) is 54.2 Å². The average molecular weight is 669 g/mol. The van der Waals surface area contributed by atoms with E-state index in [2.05, 4.69) is 15.6 Å². The molecule has 0 aliphatic rings. The highest BCUT2D eigenvalue weighted by Gasteiger charge is 2.10. The summed E-state index contributed by atoms with van der Waals surface area (Å²) in [5, 5.41) is 34.6. The van der Waals surface area contributed by atoms with Crippen molar-refractivity contribution in [1.82, 2.24) is 15.6 Å². The molecular formula is C31H48N4O8S2. The molecule has 2 amide bonds. The number of pyridine rings is 1. The molecule has 1 aromatic heterocycles. The van der Waals surface area contributed by atoms with Crippen molar-refractivity contribution in [2.24, 2.45) is 5.73 Å². The predicted octanol–water partition coefficient (Wildman–Crippen LogP) is 2.56. The summed E-state index contributed by atoms with van der Waals surface area (Å²) >= 11 is 0. The van der Waals surface area contributed by atoms with Gasteiger partial charge in [-0.2, -0.15) is 0 Å². The number of nitrogens with zero attached hydrogens (tertiary/aromatic N) is 1. The van der Waals surface area contributed by atoms with Gasteiger partial charge in [0.1, 0.15) is 5.75 Å². The maximum Gasteiger partial charge on any atom is 0.251 e. The van der Waals surface area contributed by atoms with Gasteiger partial charge in [0.25, 0.3) is 5.91 Å². The van der Waals surface area contributed by atoms with Gasteiger partial charge in [-0.3, -0.25) is 9.59 Å². The number of aryl methyl sites for hydroxylation is 1. The second-order valence-electron chi connectivity index (χ2n) is 10.5. The van der Waals surface area contributed by atoms with Crippen LogP contribution in [0.5, 0.6) is 11.6 Å². The molecule has 45 heavy (non-hydrogen) atoms. The molecule has 7 N–H and O–H groups in total. The summed E-state index contributed by atoms with van der Waals surface area (Å²) in [6.07, 6.45) is 0.469. The van der Waals surface area contributed by atoms with Crippen LogP contribution in [-0.2, 0) is 20.8 Å². The van der Waals surface area contributed by atoms with Crippen LogP contribution in [0.25, 0.3) is 0 Å². The molecule has 3 unspecified atom stereocenters. The van der Waals surface area contributed by atoms with Gasteiger partial charge in [0.15, 0.2) is 0 Å². The Hall–Kier alpha value is -2.43. The van der Waals surface area contributed by atoms with Crippen LogP contribution in [0.3, 0.4) is 0 Å². The Kier molecular flexibility index (Phi) is 19.8. The molecule has 1 heterocycles. The highest BCUT2D eigenvalue weighted by Crippen LogP contribution is 2.23. The maximum absolute atomic E-state index is 12.6. The van der Waals surface area contributed by atoms with Crippen molar-refractivity contribution < 1.29 is 39.1 Å². The summed E-state index contributed by atoms with van der Waals surface area (Å²) < 4.78 is 16.5. The van der Waals surface area contributed by atoms with Crippen molar-refractivity contribution in [2.75, 3.05) is 51.0 Å². The Labute approximate surface area is 273 Å². The molecule has 0 saturated carbocycles. The van der Waals surface area contributed by atoms with Crippen LogP contribution in [0.15, 0.2) is 36.4 Å². The second-order valence-corrected chi connectivity index (χ2v) is 13.2. The fraction of sp³-hybridized carbons (Fsp3) is 0.581. The fourth-order valence-electron chi connectivity index (χ4n) is 3.93. The second kappa shape index (κ2) is 23.0. The molecule has 12 nitrogen and oxygen atoms in total. The summed E-state index contributed by atoms with van der Waals surface area (Å²) in [5.41, 5.74) is 7.91. The van der Waals surface area contributed by atoms with Gasteiger partial charge in [-0.1, -0.05) is 27.7 Å². The van der Waals surface area contributed by atoms with E-state index in [0.717, 1.165) is 17.7 Å². The number of nitrogens with two attached hydrogens (primary N) is 1. The molecule has 2 rings (SSSR count).